The number of methoxy groups -OCH3 is 1. The van der Waals surface area contributed by atoms with Crippen molar-refractivity contribution in [3.05, 3.63) is 42.0 Å². The first-order valence-corrected chi connectivity index (χ1v) is 8.41. The van der Waals surface area contributed by atoms with Crippen molar-refractivity contribution in [3.8, 4) is 5.75 Å². The first-order chi connectivity index (χ1) is 10.3. The van der Waals surface area contributed by atoms with Crippen molar-refractivity contribution in [2.24, 2.45) is 17.8 Å². The molecule has 4 atom stereocenters. The van der Waals surface area contributed by atoms with Crippen molar-refractivity contribution in [3.63, 3.8) is 0 Å². The summed E-state index contributed by atoms with van der Waals surface area (Å²) in [5.74, 6) is 3.37. The van der Waals surface area contributed by atoms with Crippen LogP contribution in [0.4, 0.5) is 0 Å². The van der Waals surface area contributed by atoms with Gasteiger partial charge in [0.15, 0.2) is 0 Å². The van der Waals surface area contributed by atoms with Gasteiger partial charge < -0.3 is 4.74 Å². The number of hydrogen-bond donors (Lipinski definition) is 0. The number of alkyl halides is 1. The van der Waals surface area contributed by atoms with E-state index in [2.05, 4.69) is 36.4 Å². The van der Waals surface area contributed by atoms with Crippen molar-refractivity contribution in [2.75, 3.05) is 7.11 Å². The third kappa shape index (κ3) is 2.14. The van der Waals surface area contributed by atoms with Crippen LogP contribution in [0.5, 0.6) is 5.75 Å². The van der Waals surface area contributed by atoms with Crippen LogP contribution in [0.25, 0.3) is 10.8 Å². The fraction of sp³-hybridized carbons (Fsp3) is 0.474. The van der Waals surface area contributed by atoms with Gasteiger partial charge in [0.05, 0.1) is 12.5 Å². The van der Waals surface area contributed by atoms with Gasteiger partial charge in [-0.3, -0.25) is 0 Å². The van der Waals surface area contributed by atoms with Gasteiger partial charge in [-0.15, -0.1) is 11.6 Å². The van der Waals surface area contributed by atoms with Gasteiger partial charge in [-0.05, 0) is 54.0 Å². The van der Waals surface area contributed by atoms with Crippen molar-refractivity contribution in [1.29, 1.82) is 0 Å². The fourth-order valence-electron chi connectivity index (χ4n) is 4.60. The lowest BCUT2D eigenvalue weighted by Gasteiger charge is -2.27. The number of hydrogen-bond acceptors (Lipinski definition) is 1. The molecule has 2 aliphatic carbocycles. The molecule has 4 rings (SSSR count). The molecule has 0 amide bonds. The summed E-state index contributed by atoms with van der Waals surface area (Å²) in [4.78, 5) is 0. The number of benzene rings is 2. The molecule has 0 aliphatic heterocycles. The molecule has 0 N–H and O–H groups in total. The Morgan fingerprint density at radius 1 is 1.05 bits per heavy atom. The minimum Gasteiger partial charge on any atom is -0.496 e. The van der Waals surface area contributed by atoms with Crippen molar-refractivity contribution in [1.82, 2.24) is 0 Å². The highest BCUT2D eigenvalue weighted by atomic mass is 35.5. The zero-order chi connectivity index (χ0) is 14.4. The van der Waals surface area contributed by atoms with Gasteiger partial charge in [-0.1, -0.05) is 36.8 Å². The molecule has 2 heteroatoms. The average Bonchev–Trinajstić information content (AvgIpc) is 3.16. The zero-order valence-electron chi connectivity index (χ0n) is 12.4. The van der Waals surface area contributed by atoms with Crippen LogP contribution >= 0.6 is 11.6 Å². The van der Waals surface area contributed by atoms with Crippen molar-refractivity contribution < 1.29 is 4.74 Å². The van der Waals surface area contributed by atoms with Crippen LogP contribution in [-0.2, 0) is 0 Å². The van der Waals surface area contributed by atoms with E-state index in [1.807, 2.05) is 0 Å². The molecule has 0 heterocycles. The lowest BCUT2D eigenvalue weighted by atomic mass is 9.82. The maximum Gasteiger partial charge on any atom is 0.126 e. The van der Waals surface area contributed by atoms with E-state index in [0.717, 1.165) is 17.6 Å². The summed E-state index contributed by atoms with van der Waals surface area (Å²) in [5, 5.41) is 2.56. The minimum atomic E-state index is 0.135. The minimum absolute atomic E-state index is 0.135. The van der Waals surface area contributed by atoms with E-state index in [-0.39, 0.29) is 5.38 Å². The molecule has 1 nitrogen and oxygen atoms in total. The van der Waals surface area contributed by atoms with Crippen LogP contribution in [-0.4, -0.2) is 7.11 Å². The molecule has 0 spiro atoms. The molecule has 21 heavy (non-hydrogen) atoms. The maximum absolute atomic E-state index is 6.94. The first kappa shape index (κ1) is 13.5. The molecular formula is C19H21ClO. The maximum atomic E-state index is 6.94. The quantitative estimate of drug-likeness (QED) is 0.674. The van der Waals surface area contributed by atoms with Gasteiger partial charge in [-0.2, -0.15) is 0 Å². The molecule has 2 saturated carbocycles. The highest BCUT2D eigenvalue weighted by Gasteiger charge is 2.43. The Kier molecular flexibility index (Phi) is 3.34. The van der Waals surface area contributed by atoms with E-state index >= 15 is 0 Å². The predicted octanol–water partition coefficient (Wildman–Crippen LogP) is 5.56. The highest BCUT2D eigenvalue weighted by molar-refractivity contribution is 6.22. The lowest BCUT2D eigenvalue weighted by Crippen LogP contribution is -2.16. The van der Waals surface area contributed by atoms with Crippen LogP contribution in [0.15, 0.2) is 36.4 Å². The molecule has 2 bridgehead atoms. The van der Waals surface area contributed by atoms with Crippen LogP contribution in [0.1, 0.15) is 36.6 Å². The molecule has 2 aromatic carbocycles. The van der Waals surface area contributed by atoms with E-state index in [0.29, 0.717) is 5.92 Å². The normalized spacial score (nSPS) is 29.0. The van der Waals surface area contributed by atoms with E-state index in [1.165, 1.54) is 42.0 Å². The highest BCUT2D eigenvalue weighted by Crippen LogP contribution is 2.55. The fourth-order valence-corrected chi connectivity index (χ4v) is 5.10. The van der Waals surface area contributed by atoms with Gasteiger partial charge in [-0.25, -0.2) is 0 Å². The smallest absolute Gasteiger partial charge is 0.126 e. The molecule has 2 aliphatic rings. The van der Waals surface area contributed by atoms with Gasteiger partial charge >= 0.3 is 0 Å². The summed E-state index contributed by atoms with van der Waals surface area (Å²) >= 11 is 6.94. The first-order valence-electron chi connectivity index (χ1n) is 7.97. The Morgan fingerprint density at radius 3 is 2.52 bits per heavy atom. The zero-order valence-corrected chi connectivity index (χ0v) is 13.1. The Labute approximate surface area is 131 Å². The summed E-state index contributed by atoms with van der Waals surface area (Å²) in [6.07, 6.45) is 5.53. The van der Waals surface area contributed by atoms with Crippen molar-refractivity contribution >= 4 is 22.4 Å². The Bertz CT molecular complexity index is 666. The van der Waals surface area contributed by atoms with Gasteiger partial charge in [0.1, 0.15) is 5.75 Å². The van der Waals surface area contributed by atoms with Gasteiger partial charge in [0.2, 0.25) is 0 Å². The molecule has 0 saturated heterocycles. The van der Waals surface area contributed by atoms with E-state index in [1.54, 1.807) is 7.11 Å². The van der Waals surface area contributed by atoms with Crippen LogP contribution in [0, 0.1) is 17.8 Å². The van der Waals surface area contributed by atoms with E-state index < -0.39 is 0 Å². The molecule has 4 unspecified atom stereocenters. The second kappa shape index (κ2) is 5.21. The average molecular weight is 301 g/mol. The number of halogens is 1. The van der Waals surface area contributed by atoms with Gasteiger partial charge in [0, 0.05) is 5.39 Å². The molecule has 0 aromatic heterocycles. The SMILES string of the molecule is COc1ccc(C(Cl)C2CC3CCC2C3)c2ccccc12. The standard InChI is InChI=1S/C19H21ClO/c1-21-18-9-8-16(14-4-2-3-5-15(14)18)19(20)17-11-12-6-7-13(17)10-12/h2-5,8-9,12-13,17,19H,6-7,10-11H2,1H3. The summed E-state index contributed by atoms with van der Waals surface area (Å²) in [6, 6.07) is 12.7. The molecule has 0 radical (unpaired) electrons. The number of fused-ring (bicyclic) bond motifs is 3. The third-order valence-electron chi connectivity index (χ3n) is 5.60. The monoisotopic (exact) mass is 300 g/mol. The van der Waals surface area contributed by atoms with Crippen molar-refractivity contribution in [2.45, 2.75) is 31.1 Å². The van der Waals surface area contributed by atoms with E-state index in [4.69, 9.17) is 16.3 Å². The number of rotatable bonds is 3. The second-order valence-electron chi connectivity index (χ2n) is 6.64. The lowest BCUT2D eigenvalue weighted by molar-refractivity contribution is 0.324. The van der Waals surface area contributed by atoms with E-state index in [9.17, 15) is 0 Å². The summed E-state index contributed by atoms with van der Waals surface area (Å²) < 4.78 is 5.49. The second-order valence-corrected chi connectivity index (χ2v) is 7.11. The summed E-state index contributed by atoms with van der Waals surface area (Å²) in [5.41, 5.74) is 1.28. The van der Waals surface area contributed by atoms with Crippen LogP contribution < -0.4 is 4.74 Å². The Balaban J connectivity index is 1.76. The molecule has 2 aromatic rings. The summed E-state index contributed by atoms with van der Waals surface area (Å²) in [7, 11) is 1.73. The number of ether oxygens (including phenoxy) is 1. The molecular weight excluding hydrogens is 280 g/mol. The molecule has 2 fully saturated rings. The van der Waals surface area contributed by atoms with Crippen LogP contribution in [0.3, 0.4) is 0 Å². The molecule has 110 valence electrons. The summed E-state index contributed by atoms with van der Waals surface area (Å²) in [6.45, 7) is 0. The predicted molar refractivity (Wildman–Crippen MR) is 88.0 cm³/mol. The Morgan fingerprint density at radius 2 is 1.86 bits per heavy atom. The third-order valence-corrected chi connectivity index (χ3v) is 6.16. The largest absolute Gasteiger partial charge is 0.496 e. The van der Waals surface area contributed by atoms with Gasteiger partial charge in [0.25, 0.3) is 0 Å². The Hall–Kier alpha value is -1.21. The van der Waals surface area contributed by atoms with Crippen LogP contribution in [0.2, 0.25) is 0 Å². The topological polar surface area (TPSA) is 9.23 Å².